The lowest BCUT2D eigenvalue weighted by atomic mass is 10.1. The molecule has 1 aliphatic heterocycles. The van der Waals surface area contributed by atoms with Crippen molar-refractivity contribution in [2.75, 3.05) is 13.1 Å². The van der Waals surface area contributed by atoms with E-state index in [1.54, 1.807) is 11.8 Å². The molecule has 2 aromatic rings. The van der Waals surface area contributed by atoms with Crippen LogP contribution in [0, 0.1) is 5.82 Å². The number of halogens is 3. The first-order valence-corrected chi connectivity index (χ1v) is 10.0. The van der Waals surface area contributed by atoms with E-state index in [-0.39, 0.29) is 17.2 Å². The van der Waals surface area contributed by atoms with Gasteiger partial charge in [0.15, 0.2) is 0 Å². The lowest BCUT2D eigenvalue weighted by molar-refractivity contribution is 0.00432. The van der Waals surface area contributed by atoms with Crippen molar-refractivity contribution in [2.45, 2.75) is 38.5 Å². The molecule has 0 aliphatic carbocycles. The predicted molar refractivity (Wildman–Crippen MR) is 109 cm³/mol. The normalized spacial score (nSPS) is 16.1. The van der Waals surface area contributed by atoms with Crippen LogP contribution < -0.4 is 5.32 Å². The summed E-state index contributed by atoms with van der Waals surface area (Å²) < 4.78 is 19.7. The minimum absolute atomic E-state index is 0.0372. The van der Waals surface area contributed by atoms with E-state index in [2.05, 4.69) is 5.32 Å². The second kappa shape index (κ2) is 9.59. The van der Waals surface area contributed by atoms with Gasteiger partial charge >= 0.3 is 6.03 Å². The number of benzene rings is 2. The van der Waals surface area contributed by atoms with E-state index in [0.29, 0.717) is 30.3 Å². The van der Waals surface area contributed by atoms with Crippen LogP contribution in [0.25, 0.3) is 0 Å². The Morgan fingerprint density at radius 1 is 1.21 bits per heavy atom. The van der Waals surface area contributed by atoms with Crippen LogP contribution in [0.5, 0.6) is 0 Å². The number of hydrogen-bond donors (Lipinski definition) is 1. The van der Waals surface area contributed by atoms with Gasteiger partial charge in [-0.3, -0.25) is 0 Å². The summed E-state index contributed by atoms with van der Waals surface area (Å²) in [5, 5.41) is 3.17. The second-order valence-corrected chi connectivity index (χ2v) is 7.76. The number of carbonyl (C=O) groups excluding carboxylic acids is 1. The SMILES string of the molecule is CC(NC(=O)N1CCC(OCc2ccccc2)CC1)c1cc(F)c(Cl)cc1Cl. The highest BCUT2D eigenvalue weighted by molar-refractivity contribution is 6.35. The van der Waals surface area contributed by atoms with Crippen molar-refractivity contribution in [3.05, 3.63) is 69.5 Å². The number of hydrogen-bond acceptors (Lipinski definition) is 2. The summed E-state index contributed by atoms with van der Waals surface area (Å²) in [6.07, 6.45) is 1.71. The Labute approximate surface area is 174 Å². The number of amides is 2. The van der Waals surface area contributed by atoms with Crippen molar-refractivity contribution < 1.29 is 13.9 Å². The maximum atomic E-state index is 13.7. The fraction of sp³-hybridized carbons (Fsp3) is 0.381. The highest BCUT2D eigenvalue weighted by Crippen LogP contribution is 2.29. The molecule has 4 nitrogen and oxygen atoms in total. The summed E-state index contributed by atoms with van der Waals surface area (Å²) in [5.74, 6) is -0.557. The molecule has 0 saturated carbocycles. The number of nitrogens with zero attached hydrogens (tertiary/aromatic N) is 1. The van der Waals surface area contributed by atoms with Crippen LogP contribution in [0.15, 0.2) is 42.5 Å². The fourth-order valence-electron chi connectivity index (χ4n) is 3.24. The summed E-state index contributed by atoms with van der Waals surface area (Å²) in [7, 11) is 0. The van der Waals surface area contributed by atoms with E-state index in [1.165, 1.54) is 12.1 Å². The number of urea groups is 1. The molecule has 28 heavy (non-hydrogen) atoms. The van der Waals surface area contributed by atoms with Crippen LogP contribution in [-0.4, -0.2) is 30.1 Å². The predicted octanol–water partition coefficient (Wildman–Crippen LogP) is 5.58. The van der Waals surface area contributed by atoms with Gasteiger partial charge in [-0.05, 0) is 43.0 Å². The van der Waals surface area contributed by atoms with E-state index >= 15 is 0 Å². The molecular weight excluding hydrogens is 402 g/mol. The van der Waals surface area contributed by atoms with Gasteiger partial charge in [-0.1, -0.05) is 53.5 Å². The zero-order chi connectivity index (χ0) is 20.1. The molecule has 2 aromatic carbocycles. The first-order chi connectivity index (χ1) is 13.4. The molecule has 1 aliphatic rings. The molecule has 1 heterocycles. The van der Waals surface area contributed by atoms with Gasteiger partial charge in [0.25, 0.3) is 0 Å². The minimum Gasteiger partial charge on any atom is -0.373 e. The molecule has 150 valence electrons. The quantitative estimate of drug-likeness (QED) is 0.635. The van der Waals surface area contributed by atoms with Crippen LogP contribution >= 0.6 is 23.2 Å². The smallest absolute Gasteiger partial charge is 0.317 e. The average Bonchev–Trinajstić information content (AvgIpc) is 2.70. The number of carbonyl (C=O) groups is 1. The van der Waals surface area contributed by atoms with E-state index in [9.17, 15) is 9.18 Å². The van der Waals surface area contributed by atoms with Crippen molar-refractivity contribution in [1.82, 2.24) is 10.2 Å². The molecule has 1 unspecified atom stereocenters. The number of rotatable bonds is 5. The fourth-order valence-corrected chi connectivity index (χ4v) is 3.78. The lowest BCUT2D eigenvalue weighted by Crippen LogP contribution is -2.46. The molecule has 1 atom stereocenters. The van der Waals surface area contributed by atoms with Crippen molar-refractivity contribution in [3.8, 4) is 0 Å². The third-order valence-corrected chi connectivity index (χ3v) is 5.52. The van der Waals surface area contributed by atoms with Crippen LogP contribution in [-0.2, 0) is 11.3 Å². The van der Waals surface area contributed by atoms with Gasteiger partial charge in [0.2, 0.25) is 0 Å². The molecule has 1 fully saturated rings. The average molecular weight is 425 g/mol. The third-order valence-electron chi connectivity index (χ3n) is 4.90. The summed E-state index contributed by atoms with van der Waals surface area (Å²) in [4.78, 5) is 14.3. The van der Waals surface area contributed by atoms with Crippen molar-refractivity contribution in [2.24, 2.45) is 0 Å². The third kappa shape index (κ3) is 5.37. The Morgan fingerprint density at radius 3 is 2.57 bits per heavy atom. The zero-order valence-electron chi connectivity index (χ0n) is 15.6. The lowest BCUT2D eigenvalue weighted by Gasteiger charge is -2.33. The van der Waals surface area contributed by atoms with Gasteiger partial charge in [0.05, 0.1) is 23.8 Å². The van der Waals surface area contributed by atoms with Gasteiger partial charge in [-0.2, -0.15) is 0 Å². The van der Waals surface area contributed by atoms with Crippen molar-refractivity contribution >= 4 is 29.2 Å². The van der Waals surface area contributed by atoms with Gasteiger partial charge in [0.1, 0.15) is 5.82 Å². The van der Waals surface area contributed by atoms with Gasteiger partial charge in [-0.25, -0.2) is 9.18 Å². The highest BCUT2D eigenvalue weighted by Gasteiger charge is 2.25. The first-order valence-electron chi connectivity index (χ1n) is 9.29. The van der Waals surface area contributed by atoms with Gasteiger partial charge in [-0.15, -0.1) is 0 Å². The van der Waals surface area contributed by atoms with E-state index in [0.717, 1.165) is 18.4 Å². The highest BCUT2D eigenvalue weighted by atomic mass is 35.5. The molecule has 0 spiro atoms. The molecule has 1 saturated heterocycles. The summed E-state index contributed by atoms with van der Waals surface area (Å²) >= 11 is 11.9. The molecule has 0 bridgehead atoms. The number of nitrogens with one attached hydrogen (secondary N) is 1. The van der Waals surface area contributed by atoms with Gasteiger partial charge in [0, 0.05) is 18.1 Å². The number of ether oxygens (including phenoxy) is 1. The number of piperidine rings is 1. The van der Waals surface area contributed by atoms with E-state index < -0.39 is 11.9 Å². The molecular formula is C21H23Cl2FN2O2. The second-order valence-electron chi connectivity index (χ2n) is 6.94. The Hall–Kier alpha value is -1.82. The molecule has 1 N–H and O–H groups in total. The monoisotopic (exact) mass is 424 g/mol. The molecule has 2 amide bonds. The maximum Gasteiger partial charge on any atom is 0.317 e. The molecule has 3 rings (SSSR count). The standard InChI is InChI=1S/C21H23Cl2FN2O2/c1-14(17-11-20(24)19(23)12-18(17)22)25-21(27)26-9-7-16(8-10-26)28-13-15-5-3-2-4-6-15/h2-6,11-12,14,16H,7-10,13H2,1H3,(H,25,27). The maximum absolute atomic E-state index is 13.7. The van der Waals surface area contributed by atoms with E-state index in [1.807, 2.05) is 30.3 Å². The largest absolute Gasteiger partial charge is 0.373 e. The number of likely N-dealkylation sites (tertiary alicyclic amines) is 1. The van der Waals surface area contributed by atoms with E-state index in [4.69, 9.17) is 27.9 Å². The van der Waals surface area contributed by atoms with Crippen molar-refractivity contribution in [1.29, 1.82) is 0 Å². The molecule has 0 radical (unpaired) electrons. The Bertz CT molecular complexity index is 812. The Morgan fingerprint density at radius 2 is 1.89 bits per heavy atom. The first kappa shape index (κ1) is 20.9. The molecule has 7 heteroatoms. The summed E-state index contributed by atoms with van der Waals surface area (Å²) in [6, 6.07) is 12.0. The van der Waals surface area contributed by atoms with Crippen LogP contribution in [0.4, 0.5) is 9.18 Å². The summed E-state index contributed by atoms with van der Waals surface area (Å²) in [5.41, 5.74) is 1.64. The van der Waals surface area contributed by atoms with Crippen LogP contribution in [0.3, 0.4) is 0 Å². The van der Waals surface area contributed by atoms with Crippen molar-refractivity contribution in [3.63, 3.8) is 0 Å². The molecule has 0 aromatic heterocycles. The topological polar surface area (TPSA) is 41.6 Å². The Kier molecular flexibility index (Phi) is 7.16. The summed E-state index contributed by atoms with van der Waals surface area (Å²) in [6.45, 7) is 3.57. The Balaban J connectivity index is 1.48. The zero-order valence-corrected chi connectivity index (χ0v) is 17.1. The van der Waals surface area contributed by atoms with Crippen LogP contribution in [0.2, 0.25) is 10.0 Å². The minimum atomic E-state index is -0.557. The van der Waals surface area contributed by atoms with Gasteiger partial charge < -0.3 is 15.0 Å². The van der Waals surface area contributed by atoms with Crippen LogP contribution in [0.1, 0.15) is 36.9 Å².